The van der Waals surface area contributed by atoms with Gasteiger partial charge in [-0.15, -0.1) is 12.4 Å². The second kappa shape index (κ2) is 11.5. The molecule has 0 bridgehead atoms. The number of carbonyl (C=O) groups is 1. The van der Waals surface area contributed by atoms with Crippen molar-refractivity contribution in [2.24, 2.45) is 11.7 Å². The minimum atomic E-state index is 0. The number of amides is 1. The van der Waals surface area contributed by atoms with E-state index in [0.717, 1.165) is 51.2 Å². The molecular weight excluding hydrogens is 260 g/mol. The maximum atomic E-state index is 12.1. The van der Waals surface area contributed by atoms with Crippen molar-refractivity contribution in [3.8, 4) is 0 Å². The molecule has 114 valence electrons. The Morgan fingerprint density at radius 2 is 2.00 bits per heavy atom. The molecule has 0 aromatic heterocycles. The number of nitrogens with two attached hydrogens (primary N) is 1. The molecule has 1 fully saturated rings. The normalized spacial score (nSPS) is 19.1. The number of nitrogens with zero attached hydrogens (tertiary/aromatic N) is 1. The van der Waals surface area contributed by atoms with Gasteiger partial charge in [0, 0.05) is 19.5 Å². The Kier molecular flexibility index (Phi) is 11.4. The third kappa shape index (κ3) is 7.78. The molecule has 1 saturated heterocycles. The molecule has 1 aliphatic heterocycles. The highest BCUT2D eigenvalue weighted by Crippen LogP contribution is 2.21. The molecular formula is C15H31ClN2O. The summed E-state index contributed by atoms with van der Waals surface area (Å²) < 4.78 is 0. The first kappa shape index (κ1) is 18.7. The van der Waals surface area contributed by atoms with Crippen molar-refractivity contribution in [3.05, 3.63) is 0 Å². The van der Waals surface area contributed by atoms with E-state index in [4.69, 9.17) is 5.73 Å². The van der Waals surface area contributed by atoms with Crippen LogP contribution in [-0.4, -0.2) is 30.4 Å². The minimum absolute atomic E-state index is 0. The van der Waals surface area contributed by atoms with Gasteiger partial charge in [0.15, 0.2) is 0 Å². The Hall–Kier alpha value is -0.280. The summed E-state index contributed by atoms with van der Waals surface area (Å²) in [5.41, 5.74) is 5.46. The number of halogens is 1. The second-order valence-electron chi connectivity index (χ2n) is 5.59. The number of likely N-dealkylation sites (tertiary alicyclic amines) is 1. The van der Waals surface area contributed by atoms with Crippen molar-refractivity contribution in [2.45, 2.75) is 64.7 Å². The fourth-order valence-corrected chi connectivity index (χ4v) is 2.87. The third-order valence-electron chi connectivity index (χ3n) is 3.91. The maximum Gasteiger partial charge on any atom is 0.222 e. The lowest BCUT2D eigenvalue weighted by atomic mass is 9.93. The van der Waals surface area contributed by atoms with Crippen LogP contribution >= 0.6 is 12.4 Å². The molecule has 0 aromatic rings. The SMILES string of the molecule is CCCC1CCCN(C(=O)CCCCCCN)C1.Cl. The molecule has 1 aliphatic rings. The lowest BCUT2D eigenvalue weighted by molar-refractivity contribution is -0.133. The van der Waals surface area contributed by atoms with Crippen LogP contribution in [0.5, 0.6) is 0 Å². The van der Waals surface area contributed by atoms with E-state index in [0.29, 0.717) is 5.91 Å². The van der Waals surface area contributed by atoms with Crippen LogP contribution in [0.4, 0.5) is 0 Å². The molecule has 1 atom stereocenters. The first-order valence-corrected chi connectivity index (χ1v) is 7.75. The molecule has 1 amide bonds. The average molecular weight is 291 g/mol. The maximum absolute atomic E-state index is 12.1. The van der Waals surface area contributed by atoms with Gasteiger partial charge in [-0.1, -0.05) is 26.2 Å². The molecule has 3 nitrogen and oxygen atoms in total. The van der Waals surface area contributed by atoms with Crippen molar-refractivity contribution in [2.75, 3.05) is 19.6 Å². The highest BCUT2D eigenvalue weighted by atomic mass is 35.5. The summed E-state index contributed by atoms with van der Waals surface area (Å²) in [7, 11) is 0. The van der Waals surface area contributed by atoms with E-state index in [-0.39, 0.29) is 12.4 Å². The van der Waals surface area contributed by atoms with Gasteiger partial charge in [-0.3, -0.25) is 4.79 Å². The van der Waals surface area contributed by atoms with E-state index >= 15 is 0 Å². The molecule has 2 N–H and O–H groups in total. The summed E-state index contributed by atoms with van der Waals surface area (Å²) in [5, 5.41) is 0. The van der Waals surface area contributed by atoms with Crippen LogP contribution in [0.15, 0.2) is 0 Å². The van der Waals surface area contributed by atoms with Gasteiger partial charge in [-0.05, 0) is 44.6 Å². The minimum Gasteiger partial charge on any atom is -0.342 e. The largest absolute Gasteiger partial charge is 0.342 e. The number of unbranched alkanes of at least 4 members (excludes halogenated alkanes) is 3. The Labute approximate surface area is 124 Å². The summed E-state index contributed by atoms with van der Waals surface area (Å²) >= 11 is 0. The summed E-state index contributed by atoms with van der Waals surface area (Å²) in [6.45, 7) is 5.01. The summed E-state index contributed by atoms with van der Waals surface area (Å²) in [4.78, 5) is 14.2. The van der Waals surface area contributed by atoms with Gasteiger partial charge in [-0.2, -0.15) is 0 Å². The van der Waals surface area contributed by atoms with Crippen molar-refractivity contribution in [3.63, 3.8) is 0 Å². The number of hydrogen-bond acceptors (Lipinski definition) is 2. The lowest BCUT2D eigenvalue weighted by Crippen LogP contribution is -2.39. The van der Waals surface area contributed by atoms with Crippen LogP contribution in [0.1, 0.15) is 64.7 Å². The van der Waals surface area contributed by atoms with Crippen molar-refractivity contribution in [1.82, 2.24) is 4.90 Å². The number of piperidine rings is 1. The molecule has 0 spiro atoms. The summed E-state index contributed by atoms with van der Waals surface area (Å²) in [6, 6.07) is 0. The monoisotopic (exact) mass is 290 g/mol. The van der Waals surface area contributed by atoms with Crippen LogP contribution in [0.25, 0.3) is 0 Å². The molecule has 1 unspecified atom stereocenters. The molecule has 0 saturated carbocycles. The summed E-state index contributed by atoms with van der Waals surface area (Å²) in [6.07, 6.45) is 10.2. The van der Waals surface area contributed by atoms with E-state index in [1.165, 1.54) is 32.1 Å². The topological polar surface area (TPSA) is 46.3 Å². The van der Waals surface area contributed by atoms with Crippen LogP contribution in [0.2, 0.25) is 0 Å². The molecule has 0 aliphatic carbocycles. The zero-order valence-corrected chi connectivity index (χ0v) is 13.2. The quantitative estimate of drug-likeness (QED) is 0.697. The van der Waals surface area contributed by atoms with E-state index in [2.05, 4.69) is 11.8 Å². The Morgan fingerprint density at radius 1 is 1.26 bits per heavy atom. The van der Waals surface area contributed by atoms with Crippen molar-refractivity contribution >= 4 is 18.3 Å². The number of rotatable bonds is 8. The molecule has 0 aromatic carbocycles. The lowest BCUT2D eigenvalue weighted by Gasteiger charge is -2.32. The fraction of sp³-hybridized carbons (Fsp3) is 0.933. The zero-order valence-electron chi connectivity index (χ0n) is 12.4. The molecule has 1 rings (SSSR count). The fourth-order valence-electron chi connectivity index (χ4n) is 2.87. The van der Waals surface area contributed by atoms with Crippen LogP contribution in [-0.2, 0) is 4.79 Å². The van der Waals surface area contributed by atoms with Gasteiger partial charge >= 0.3 is 0 Å². The van der Waals surface area contributed by atoms with Crippen LogP contribution in [0, 0.1) is 5.92 Å². The number of carbonyl (C=O) groups excluding carboxylic acids is 1. The Bertz CT molecular complexity index is 234. The summed E-state index contributed by atoms with van der Waals surface area (Å²) in [5.74, 6) is 1.13. The smallest absolute Gasteiger partial charge is 0.222 e. The van der Waals surface area contributed by atoms with Gasteiger partial charge in [0.1, 0.15) is 0 Å². The van der Waals surface area contributed by atoms with Gasteiger partial charge in [0.25, 0.3) is 0 Å². The molecule has 1 heterocycles. The standard InChI is InChI=1S/C15H30N2O.ClH/c1-2-8-14-9-7-12-17(13-14)15(18)10-5-3-4-6-11-16;/h14H,2-13,16H2,1H3;1H. The predicted molar refractivity (Wildman–Crippen MR) is 83.6 cm³/mol. The second-order valence-corrected chi connectivity index (χ2v) is 5.59. The van der Waals surface area contributed by atoms with E-state index in [1.54, 1.807) is 0 Å². The molecule has 19 heavy (non-hydrogen) atoms. The molecule has 0 radical (unpaired) electrons. The van der Waals surface area contributed by atoms with Gasteiger partial charge in [0.05, 0.1) is 0 Å². The zero-order chi connectivity index (χ0) is 13.2. The number of hydrogen-bond donors (Lipinski definition) is 1. The van der Waals surface area contributed by atoms with Crippen molar-refractivity contribution in [1.29, 1.82) is 0 Å². The van der Waals surface area contributed by atoms with E-state index in [1.807, 2.05) is 0 Å². The average Bonchev–Trinajstić information content (AvgIpc) is 2.39. The van der Waals surface area contributed by atoms with Crippen LogP contribution in [0.3, 0.4) is 0 Å². The Balaban J connectivity index is 0.00000324. The third-order valence-corrected chi connectivity index (χ3v) is 3.91. The van der Waals surface area contributed by atoms with E-state index < -0.39 is 0 Å². The van der Waals surface area contributed by atoms with Gasteiger partial charge in [0.2, 0.25) is 5.91 Å². The first-order valence-electron chi connectivity index (χ1n) is 7.75. The highest BCUT2D eigenvalue weighted by molar-refractivity contribution is 5.85. The highest BCUT2D eigenvalue weighted by Gasteiger charge is 2.22. The van der Waals surface area contributed by atoms with Crippen molar-refractivity contribution < 1.29 is 4.79 Å². The predicted octanol–water partition coefficient (Wildman–Crippen LogP) is 3.36. The van der Waals surface area contributed by atoms with Gasteiger partial charge < -0.3 is 10.6 Å². The van der Waals surface area contributed by atoms with Gasteiger partial charge in [-0.25, -0.2) is 0 Å². The Morgan fingerprint density at radius 3 is 2.68 bits per heavy atom. The van der Waals surface area contributed by atoms with Crippen LogP contribution < -0.4 is 5.73 Å². The first-order chi connectivity index (χ1) is 8.77. The van der Waals surface area contributed by atoms with E-state index in [9.17, 15) is 4.79 Å². The molecule has 4 heteroatoms.